The van der Waals surface area contributed by atoms with Crippen LogP contribution in [-0.4, -0.2) is 29.1 Å². The lowest BCUT2D eigenvalue weighted by Crippen LogP contribution is -2.23. The molecule has 0 bridgehead atoms. The molecule has 2 N–H and O–H groups in total. The molecule has 110 valence electrons. The van der Waals surface area contributed by atoms with Crippen LogP contribution in [0.1, 0.15) is 25.9 Å². The van der Waals surface area contributed by atoms with Gasteiger partial charge in [-0.1, -0.05) is 15.9 Å². The Balaban J connectivity index is 2.06. The fourth-order valence-corrected chi connectivity index (χ4v) is 2.64. The van der Waals surface area contributed by atoms with Gasteiger partial charge in [-0.05, 0) is 18.2 Å². The molecular formula is C13H11BrN2O4S. The van der Waals surface area contributed by atoms with Gasteiger partial charge in [0.1, 0.15) is 10.8 Å². The largest absolute Gasteiger partial charge is 0.496 e. The number of carboxylic acids is 1. The number of nitrogens with zero attached hydrogens (tertiary/aromatic N) is 1. The first-order valence-electron chi connectivity index (χ1n) is 5.80. The fourth-order valence-electron chi connectivity index (χ4n) is 1.59. The number of benzene rings is 1. The molecule has 1 aromatic carbocycles. The van der Waals surface area contributed by atoms with Crippen LogP contribution in [0, 0.1) is 0 Å². The summed E-state index contributed by atoms with van der Waals surface area (Å²) in [5.41, 5.74) is 0.376. The van der Waals surface area contributed by atoms with Crippen molar-refractivity contribution in [2.24, 2.45) is 0 Å². The van der Waals surface area contributed by atoms with E-state index < -0.39 is 5.97 Å². The Morgan fingerprint density at radius 1 is 1.48 bits per heavy atom. The van der Waals surface area contributed by atoms with Crippen molar-refractivity contribution in [1.82, 2.24) is 10.3 Å². The number of halogens is 1. The SMILES string of the molecule is COc1cc(Br)ccc1C(=O)NCc1nc(C(=O)O)cs1. The molecule has 2 rings (SSSR count). The molecule has 0 unspecified atom stereocenters. The summed E-state index contributed by atoms with van der Waals surface area (Å²) in [4.78, 5) is 26.7. The lowest BCUT2D eigenvalue weighted by atomic mass is 10.2. The summed E-state index contributed by atoms with van der Waals surface area (Å²) in [6.45, 7) is 0.163. The Bertz CT molecular complexity index is 687. The number of carbonyl (C=O) groups excluding carboxylic acids is 1. The number of rotatable bonds is 5. The van der Waals surface area contributed by atoms with Gasteiger partial charge in [0.05, 0.1) is 19.2 Å². The summed E-state index contributed by atoms with van der Waals surface area (Å²) in [6.07, 6.45) is 0. The zero-order valence-corrected chi connectivity index (χ0v) is 13.3. The number of hydrogen-bond donors (Lipinski definition) is 2. The van der Waals surface area contributed by atoms with Crippen LogP contribution in [0.15, 0.2) is 28.1 Å². The maximum absolute atomic E-state index is 12.1. The maximum Gasteiger partial charge on any atom is 0.355 e. The van der Waals surface area contributed by atoms with Crippen LogP contribution in [0.3, 0.4) is 0 Å². The summed E-state index contributed by atoms with van der Waals surface area (Å²) in [6, 6.07) is 5.08. The van der Waals surface area contributed by atoms with Gasteiger partial charge in [-0.3, -0.25) is 4.79 Å². The second kappa shape index (κ2) is 6.68. The molecule has 0 radical (unpaired) electrons. The van der Waals surface area contributed by atoms with Crippen molar-refractivity contribution >= 4 is 39.1 Å². The number of carbonyl (C=O) groups is 2. The summed E-state index contributed by atoms with van der Waals surface area (Å²) < 4.78 is 5.96. The first-order valence-corrected chi connectivity index (χ1v) is 7.48. The van der Waals surface area contributed by atoms with E-state index in [1.807, 2.05) is 0 Å². The van der Waals surface area contributed by atoms with E-state index in [1.54, 1.807) is 18.2 Å². The quantitative estimate of drug-likeness (QED) is 0.843. The van der Waals surface area contributed by atoms with Crippen molar-refractivity contribution in [1.29, 1.82) is 0 Å². The topological polar surface area (TPSA) is 88.5 Å². The predicted molar refractivity (Wildman–Crippen MR) is 80.9 cm³/mol. The van der Waals surface area contributed by atoms with E-state index in [-0.39, 0.29) is 18.1 Å². The molecule has 0 aliphatic heterocycles. The Labute approximate surface area is 132 Å². The number of methoxy groups -OCH3 is 1. The molecule has 8 heteroatoms. The third kappa shape index (κ3) is 3.79. The molecule has 0 atom stereocenters. The number of aromatic nitrogens is 1. The van der Waals surface area contributed by atoms with Gasteiger partial charge >= 0.3 is 5.97 Å². The minimum Gasteiger partial charge on any atom is -0.496 e. The van der Waals surface area contributed by atoms with E-state index in [4.69, 9.17) is 9.84 Å². The molecule has 1 aromatic heterocycles. The highest BCUT2D eigenvalue weighted by atomic mass is 79.9. The molecule has 0 saturated heterocycles. The minimum atomic E-state index is -1.08. The molecule has 0 aliphatic carbocycles. The van der Waals surface area contributed by atoms with Gasteiger partial charge in [0.25, 0.3) is 5.91 Å². The summed E-state index contributed by atoms with van der Waals surface area (Å²) in [5.74, 6) is -0.947. The van der Waals surface area contributed by atoms with Crippen molar-refractivity contribution < 1.29 is 19.4 Å². The van der Waals surface area contributed by atoms with Crippen LogP contribution in [0.4, 0.5) is 0 Å². The van der Waals surface area contributed by atoms with E-state index in [1.165, 1.54) is 23.8 Å². The smallest absolute Gasteiger partial charge is 0.355 e. The Morgan fingerprint density at radius 3 is 2.86 bits per heavy atom. The van der Waals surface area contributed by atoms with Crippen LogP contribution in [0.5, 0.6) is 5.75 Å². The Kier molecular flexibility index (Phi) is 4.92. The second-order valence-corrected chi connectivity index (χ2v) is 5.82. The number of hydrogen-bond acceptors (Lipinski definition) is 5. The van der Waals surface area contributed by atoms with Gasteiger partial charge in [-0.2, -0.15) is 0 Å². The predicted octanol–water partition coefficient (Wildman–Crippen LogP) is 2.54. The number of ether oxygens (including phenoxy) is 1. The highest BCUT2D eigenvalue weighted by Crippen LogP contribution is 2.23. The lowest BCUT2D eigenvalue weighted by Gasteiger charge is -2.08. The molecule has 6 nitrogen and oxygen atoms in total. The molecule has 0 fully saturated rings. The van der Waals surface area contributed by atoms with Crippen molar-refractivity contribution in [2.45, 2.75) is 6.54 Å². The van der Waals surface area contributed by atoms with Gasteiger partial charge in [0.2, 0.25) is 0 Å². The van der Waals surface area contributed by atoms with E-state index in [0.29, 0.717) is 16.3 Å². The highest BCUT2D eigenvalue weighted by molar-refractivity contribution is 9.10. The monoisotopic (exact) mass is 370 g/mol. The molecule has 0 spiro atoms. The first-order chi connectivity index (χ1) is 10.0. The average molecular weight is 371 g/mol. The van der Waals surface area contributed by atoms with Crippen LogP contribution < -0.4 is 10.1 Å². The van der Waals surface area contributed by atoms with Crippen molar-refractivity contribution in [3.63, 3.8) is 0 Å². The molecular weight excluding hydrogens is 360 g/mol. The van der Waals surface area contributed by atoms with Crippen LogP contribution in [0.25, 0.3) is 0 Å². The minimum absolute atomic E-state index is 0.0227. The van der Waals surface area contributed by atoms with Crippen LogP contribution in [-0.2, 0) is 6.54 Å². The van der Waals surface area contributed by atoms with E-state index in [2.05, 4.69) is 26.2 Å². The standard InChI is InChI=1S/C13H11BrN2O4S/c1-20-10-4-7(14)2-3-8(10)12(17)15-5-11-16-9(6-21-11)13(18)19/h2-4,6H,5H2,1H3,(H,15,17)(H,18,19). The number of aromatic carboxylic acids is 1. The van der Waals surface area contributed by atoms with E-state index in [0.717, 1.165) is 4.47 Å². The molecule has 2 aromatic rings. The number of amides is 1. The number of thiazole rings is 1. The van der Waals surface area contributed by atoms with Crippen molar-refractivity contribution in [3.8, 4) is 5.75 Å². The fraction of sp³-hybridized carbons (Fsp3) is 0.154. The number of nitrogens with one attached hydrogen (secondary N) is 1. The van der Waals surface area contributed by atoms with Gasteiger partial charge in [-0.25, -0.2) is 9.78 Å². The average Bonchev–Trinajstić information content (AvgIpc) is 2.93. The van der Waals surface area contributed by atoms with Crippen molar-refractivity contribution in [3.05, 3.63) is 44.3 Å². The van der Waals surface area contributed by atoms with Gasteiger partial charge in [-0.15, -0.1) is 11.3 Å². The first kappa shape index (κ1) is 15.5. The molecule has 21 heavy (non-hydrogen) atoms. The lowest BCUT2D eigenvalue weighted by molar-refractivity contribution is 0.0691. The Morgan fingerprint density at radius 2 is 2.24 bits per heavy atom. The van der Waals surface area contributed by atoms with Crippen LogP contribution in [0.2, 0.25) is 0 Å². The second-order valence-electron chi connectivity index (χ2n) is 3.96. The van der Waals surface area contributed by atoms with Crippen LogP contribution >= 0.6 is 27.3 Å². The van der Waals surface area contributed by atoms with E-state index in [9.17, 15) is 9.59 Å². The molecule has 1 amide bonds. The zero-order chi connectivity index (χ0) is 15.4. The Hall–Kier alpha value is -1.93. The van der Waals surface area contributed by atoms with E-state index >= 15 is 0 Å². The maximum atomic E-state index is 12.1. The van der Waals surface area contributed by atoms with Gasteiger partial charge < -0.3 is 15.2 Å². The molecule has 0 aliphatic rings. The van der Waals surface area contributed by atoms with Gasteiger partial charge in [0.15, 0.2) is 5.69 Å². The molecule has 0 saturated carbocycles. The highest BCUT2D eigenvalue weighted by Gasteiger charge is 2.14. The summed E-state index contributed by atoms with van der Waals surface area (Å²) in [7, 11) is 1.48. The molecule has 1 heterocycles. The van der Waals surface area contributed by atoms with Gasteiger partial charge in [0, 0.05) is 9.85 Å². The third-order valence-electron chi connectivity index (χ3n) is 2.58. The summed E-state index contributed by atoms with van der Waals surface area (Å²) >= 11 is 4.48. The summed E-state index contributed by atoms with van der Waals surface area (Å²) in [5, 5.41) is 13.4. The normalized spacial score (nSPS) is 10.2. The zero-order valence-electron chi connectivity index (χ0n) is 10.9. The van der Waals surface area contributed by atoms with Crippen molar-refractivity contribution in [2.75, 3.05) is 7.11 Å². The number of carboxylic acid groups (broad SMARTS) is 1. The third-order valence-corrected chi connectivity index (χ3v) is 3.92.